The average Bonchev–Trinajstić information content (AvgIpc) is 2.66. The van der Waals surface area contributed by atoms with E-state index in [2.05, 4.69) is 5.32 Å². The molecule has 0 aliphatic heterocycles. The summed E-state index contributed by atoms with van der Waals surface area (Å²) < 4.78 is 31.2. The summed E-state index contributed by atoms with van der Waals surface area (Å²) >= 11 is 0. The number of nitrogens with zero attached hydrogens (tertiary/aromatic N) is 1. The van der Waals surface area contributed by atoms with Crippen LogP contribution in [0.5, 0.6) is 5.75 Å². The number of sulfonamides is 1. The maximum atomic E-state index is 12.6. The Labute approximate surface area is 159 Å². The van der Waals surface area contributed by atoms with Crippen molar-refractivity contribution in [2.45, 2.75) is 18.7 Å². The molecule has 2 aromatic rings. The fourth-order valence-corrected chi connectivity index (χ4v) is 3.21. The van der Waals surface area contributed by atoms with E-state index < -0.39 is 15.9 Å². The lowest BCUT2D eigenvalue weighted by atomic mass is 10.2. The lowest BCUT2D eigenvalue weighted by molar-refractivity contribution is -0.0258. The molecule has 1 N–H and O–H groups in total. The van der Waals surface area contributed by atoms with Gasteiger partial charge in [0, 0.05) is 12.6 Å². The van der Waals surface area contributed by atoms with E-state index in [1.54, 1.807) is 24.3 Å². The number of carbonyl (C=O) groups excluding carboxylic acids is 1. The van der Waals surface area contributed by atoms with E-state index in [0.717, 1.165) is 4.47 Å². The number of nitrogens with one attached hydrogen (secondary N) is 1. The van der Waals surface area contributed by atoms with Crippen molar-refractivity contribution in [3.05, 3.63) is 54.1 Å². The third-order valence-corrected chi connectivity index (χ3v) is 5.37. The second kappa shape index (κ2) is 8.98. The lowest BCUT2D eigenvalue weighted by Crippen LogP contribution is -2.26. The van der Waals surface area contributed by atoms with Gasteiger partial charge in [-0.3, -0.25) is 9.63 Å². The molecule has 27 heavy (non-hydrogen) atoms. The van der Waals surface area contributed by atoms with Crippen molar-refractivity contribution in [2.24, 2.45) is 5.92 Å². The van der Waals surface area contributed by atoms with E-state index in [0.29, 0.717) is 24.0 Å². The van der Waals surface area contributed by atoms with Gasteiger partial charge in [0.1, 0.15) is 5.75 Å². The molecule has 0 saturated carbocycles. The molecule has 7 nitrogen and oxygen atoms in total. The molecule has 1 amide bonds. The molecular weight excluding hydrogens is 368 g/mol. The van der Waals surface area contributed by atoms with Crippen molar-refractivity contribution in [1.29, 1.82) is 0 Å². The van der Waals surface area contributed by atoms with Gasteiger partial charge in [-0.15, -0.1) is 0 Å². The number of hydroxylamine groups is 1. The second-order valence-electron chi connectivity index (χ2n) is 6.28. The van der Waals surface area contributed by atoms with Gasteiger partial charge in [0.25, 0.3) is 15.9 Å². The van der Waals surface area contributed by atoms with Crippen LogP contribution in [0.1, 0.15) is 24.2 Å². The highest BCUT2D eigenvalue weighted by molar-refractivity contribution is 7.89. The van der Waals surface area contributed by atoms with E-state index >= 15 is 0 Å². The Bertz CT molecular complexity index is 896. The summed E-state index contributed by atoms with van der Waals surface area (Å²) in [5.74, 6) is 0.462. The first-order valence-electron chi connectivity index (χ1n) is 8.42. The normalized spacial score (nSPS) is 11.6. The fourth-order valence-electron chi connectivity index (χ4n) is 2.19. The molecule has 8 heteroatoms. The van der Waals surface area contributed by atoms with Gasteiger partial charge in [-0.1, -0.05) is 36.5 Å². The Hall–Kier alpha value is -2.42. The van der Waals surface area contributed by atoms with Gasteiger partial charge in [-0.2, -0.15) is 0 Å². The van der Waals surface area contributed by atoms with Crippen LogP contribution in [0.3, 0.4) is 0 Å². The maximum Gasteiger partial charge on any atom is 0.264 e. The van der Waals surface area contributed by atoms with Crippen molar-refractivity contribution in [1.82, 2.24) is 4.47 Å². The molecule has 146 valence electrons. The summed E-state index contributed by atoms with van der Waals surface area (Å²) in [4.78, 5) is 17.3. The summed E-state index contributed by atoms with van der Waals surface area (Å²) in [6.07, 6.45) is 0. The van der Waals surface area contributed by atoms with Crippen LogP contribution < -0.4 is 10.1 Å². The summed E-state index contributed by atoms with van der Waals surface area (Å²) in [6.45, 7) is 4.58. The van der Waals surface area contributed by atoms with Gasteiger partial charge in [-0.05, 0) is 36.2 Å². The Kier molecular flexibility index (Phi) is 6.95. The van der Waals surface area contributed by atoms with E-state index in [-0.39, 0.29) is 10.5 Å². The van der Waals surface area contributed by atoms with Crippen LogP contribution in [-0.4, -0.2) is 39.6 Å². The number of para-hydroxylation sites is 2. The second-order valence-corrected chi connectivity index (χ2v) is 8.22. The number of hydrogen-bond donors (Lipinski definition) is 1. The predicted molar refractivity (Wildman–Crippen MR) is 103 cm³/mol. The minimum atomic E-state index is -3.84. The van der Waals surface area contributed by atoms with Crippen molar-refractivity contribution in [3.8, 4) is 5.75 Å². The van der Waals surface area contributed by atoms with Gasteiger partial charge in [0.05, 0.1) is 24.3 Å². The zero-order valence-corrected chi connectivity index (χ0v) is 16.6. The van der Waals surface area contributed by atoms with Crippen LogP contribution in [0.25, 0.3) is 0 Å². The molecule has 0 unspecified atom stereocenters. The smallest absolute Gasteiger partial charge is 0.264 e. The number of hydrogen-bond acceptors (Lipinski definition) is 5. The largest absolute Gasteiger partial charge is 0.491 e. The standard InChI is InChI=1S/C19H24N2O5S/c1-14(2)13-26-18-11-6-5-10-17(18)20-19(22)15-8-7-9-16(12-15)27(23,24)21(3)25-4/h5-12,14H,13H2,1-4H3,(H,20,22). The van der Waals surface area contributed by atoms with Crippen molar-refractivity contribution >= 4 is 21.6 Å². The average molecular weight is 392 g/mol. The monoisotopic (exact) mass is 392 g/mol. The molecule has 2 aromatic carbocycles. The molecule has 0 fully saturated rings. The van der Waals surface area contributed by atoms with E-state index in [1.165, 1.54) is 32.4 Å². The number of rotatable bonds is 8. The topological polar surface area (TPSA) is 84.9 Å². The highest BCUT2D eigenvalue weighted by Gasteiger charge is 2.22. The minimum Gasteiger partial charge on any atom is -0.491 e. The van der Waals surface area contributed by atoms with Gasteiger partial charge < -0.3 is 10.1 Å². The number of carbonyl (C=O) groups is 1. The molecular formula is C19H24N2O5S. The van der Waals surface area contributed by atoms with Crippen LogP contribution in [0.2, 0.25) is 0 Å². The van der Waals surface area contributed by atoms with Crippen molar-refractivity contribution in [2.75, 3.05) is 26.1 Å². The van der Waals surface area contributed by atoms with Crippen LogP contribution in [0, 0.1) is 5.92 Å². The molecule has 0 aromatic heterocycles. The van der Waals surface area contributed by atoms with E-state index in [9.17, 15) is 13.2 Å². The summed E-state index contributed by atoms with van der Waals surface area (Å²) in [7, 11) is -1.30. The molecule has 0 aliphatic carbocycles. The Balaban J connectivity index is 2.24. The van der Waals surface area contributed by atoms with Crippen molar-refractivity contribution < 1.29 is 22.8 Å². The Morgan fingerprint density at radius 3 is 2.52 bits per heavy atom. The number of amides is 1. The molecule has 0 saturated heterocycles. The molecule has 2 rings (SSSR count). The SMILES string of the molecule is CON(C)S(=O)(=O)c1cccc(C(=O)Nc2ccccc2OCC(C)C)c1. The van der Waals surface area contributed by atoms with Crippen LogP contribution >= 0.6 is 0 Å². The Morgan fingerprint density at radius 1 is 1.15 bits per heavy atom. The first kappa shape index (κ1) is 20.9. The van der Waals surface area contributed by atoms with Crippen LogP contribution in [-0.2, 0) is 14.9 Å². The minimum absolute atomic E-state index is 0.0381. The third-order valence-electron chi connectivity index (χ3n) is 3.70. The molecule has 0 atom stereocenters. The molecule has 0 aliphatic rings. The molecule has 0 spiro atoms. The molecule has 0 radical (unpaired) electrons. The highest BCUT2D eigenvalue weighted by atomic mass is 32.2. The maximum absolute atomic E-state index is 12.6. The zero-order chi connectivity index (χ0) is 20.0. The zero-order valence-electron chi connectivity index (χ0n) is 15.8. The summed E-state index contributed by atoms with van der Waals surface area (Å²) in [5, 5.41) is 2.77. The summed E-state index contributed by atoms with van der Waals surface area (Å²) in [6, 6.07) is 12.9. The van der Waals surface area contributed by atoms with Gasteiger partial charge in [-0.25, -0.2) is 8.42 Å². The quantitative estimate of drug-likeness (QED) is 0.698. The predicted octanol–water partition coefficient (Wildman–Crippen LogP) is 3.16. The van der Waals surface area contributed by atoms with E-state index in [4.69, 9.17) is 9.57 Å². The molecule has 0 bridgehead atoms. The number of benzene rings is 2. The first-order valence-corrected chi connectivity index (χ1v) is 9.86. The van der Waals surface area contributed by atoms with Crippen molar-refractivity contribution in [3.63, 3.8) is 0 Å². The van der Waals surface area contributed by atoms with Crippen LogP contribution in [0.4, 0.5) is 5.69 Å². The highest BCUT2D eigenvalue weighted by Crippen LogP contribution is 2.25. The van der Waals surface area contributed by atoms with Crippen LogP contribution in [0.15, 0.2) is 53.4 Å². The third kappa shape index (κ3) is 5.29. The van der Waals surface area contributed by atoms with Gasteiger partial charge in [0.2, 0.25) is 0 Å². The molecule has 0 heterocycles. The van der Waals surface area contributed by atoms with E-state index in [1.807, 2.05) is 19.9 Å². The van der Waals surface area contributed by atoms with Gasteiger partial charge >= 0.3 is 0 Å². The Morgan fingerprint density at radius 2 is 1.85 bits per heavy atom. The summed E-state index contributed by atoms with van der Waals surface area (Å²) in [5.41, 5.74) is 0.727. The van der Waals surface area contributed by atoms with Gasteiger partial charge in [0.15, 0.2) is 0 Å². The number of ether oxygens (including phenoxy) is 1. The fraction of sp³-hybridized carbons (Fsp3) is 0.316. The lowest BCUT2D eigenvalue weighted by Gasteiger charge is -2.15. The first-order chi connectivity index (χ1) is 12.8. The number of anilines is 1.